The number of hydrogen-bond donors (Lipinski definition) is 1. The van der Waals surface area contributed by atoms with Crippen LogP contribution in [0.2, 0.25) is 0 Å². The van der Waals surface area contributed by atoms with E-state index < -0.39 is 23.4 Å². The minimum absolute atomic E-state index is 0. The van der Waals surface area contributed by atoms with Gasteiger partial charge in [0.05, 0.1) is 10.0 Å². The van der Waals surface area contributed by atoms with Crippen molar-refractivity contribution in [1.29, 1.82) is 0 Å². The lowest BCUT2D eigenvalue weighted by atomic mass is 10.1. The minimum atomic E-state index is -4.73. The Morgan fingerprint density at radius 1 is 1.19 bits per heavy atom. The van der Waals surface area contributed by atoms with Crippen LogP contribution in [-0.2, 0) is 12.7 Å². The summed E-state index contributed by atoms with van der Waals surface area (Å²) in [5.41, 5.74) is -1.56. The second-order valence-corrected chi connectivity index (χ2v) is 6.86. The molecule has 0 spiro atoms. The first-order valence-electron chi connectivity index (χ1n) is 7.75. The van der Waals surface area contributed by atoms with E-state index in [-0.39, 0.29) is 36.6 Å². The van der Waals surface area contributed by atoms with E-state index in [9.17, 15) is 22.0 Å². The van der Waals surface area contributed by atoms with Crippen LogP contribution in [0.4, 0.5) is 27.9 Å². The fourth-order valence-electron chi connectivity index (χ4n) is 2.77. The molecule has 1 aromatic carbocycles. The van der Waals surface area contributed by atoms with Crippen molar-refractivity contribution in [3.8, 4) is 0 Å². The summed E-state index contributed by atoms with van der Waals surface area (Å²) in [7, 11) is 0. The molecule has 1 aliphatic rings. The molecule has 4 nitrogen and oxygen atoms in total. The second kappa shape index (κ2) is 8.66. The van der Waals surface area contributed by atoms with Crippen LogP contribution in [0, 0.1) is 11.6 Å². The lowest BCUT2D eigenvalue weighted by molar-refractivity contribution is -0.137. The lowest BCUT2D eigenvalue weighted by Crippen LogP contribution is -2.33. The first kappa shape index (κ1) is 21.8. The van der Waals surface area contributed by atoms with Crippen LogP contribution in [0.25, 0.3) is 0 Å². The van der Waals surface area contributed by atoms with E-state index in [0.717, 1.165) is 4.47 Å². The molecule has 3 rings (SSSR count). The van der Waals surface area contributed by atoms with Gasteiger partial charge in [-0.05, 0) is 34.5 Å². The highest BCUT2D eigenvalue weighted by Crippen LogP contribution is 2.31. The number of nitrogens with one attached hydrogen (secondary N) is 1. The number of anilines is 1. The Hall–Kier alpha value is -1.52. The highest BCUT2D eigenvalue weighted by atomic mass is 79.9. The summed E-state index contributed by atoms with van der Waals surface area (Å²) in [6.45, 7) is 0.968. The SMILES string of the molecule is Cl.Fc1cc(C(F)(F)F)cc(CN[C@H]2CCN(c3ncc(Br)cn3)C2)c1F. The molecule has 1 fully saturated rings. The van der Waals surface area contributed by atoms with Crippen molar-refractivity contribution in [3.63, 3.8) is 0 Å². The molecule has 27 heavy (non-hydrogen) atoms. The van der Waals surface area contributed by atoms with E-state index in [1.54, 1.807) is 12.4 Å². The number of hydrogen-bond acceptors (Lipinski definition) is 4. The molecule has 0 radical (unpaired) electrons. The number of rotatable bonds is 4. The molecule has 0 unspecified atom stereocenters. The van der Waals surface area contributed by atoms with Crippen LogP contribution in [-0.4, -0.2) is 29.1 Å². The number of alkyl halides is 3. The average molecular weight is 474 g/mol. The molecule has 0 amide bonds. The minimum Gasteiger partial charge on any atom is -0.339 e. The van der Waals surface area contributed by atoms with E-state index in [1.807, 2.05) is 4.90 Å². The predicted octanol–water partition coefficient (Wildman–Crippen LogP) is 4.33. The number of aromatic nitrogens is 2. The van der Waals surface area contributed by atoms with Gasteiger partial charge in [0, 0.05) is 43.6 Å². The predicted molar refractivity (Wildman–Crippen MR) is 95.8 cm³/mol. The summed E-state index contributed by atoms with van der Waals surface area (Å²) < 4.78 is 66.3. The van der Waals surface area contributed by atoms with Crippen molar-refractivity contribution in [2.75, 3.05) is 18.0 Å². The molecule has 0 saturated carbocycles. The van der Waals surface area contributed by atoms with Crippen molar-refractivity contribution >= 4 is 34.3 Å². The van der Waals surface area contributed by atoms with Crippen LogP contribution in [0.3, 0.4) is 0 Å². The van der Waals surface area contributed by atoms with Crippen LogP contribution < -0.4 is 10.2 Å². The summed E-state index contributed by atoms with van der Waals surface area (Å²) >= 11 is 3.25. The second-order valence-electron chi connectivity index (χ2n) is 5.94. The third kappa shape index (κ3) is 5.26. The maximum atomic E-state index is 13.8. The zero-order valence-electron chi connectivity index (χ0n) is 13.7. The zero-order chi connectivity index (χ0) is 18.9. The maximum Gasteiger partial charge on any atom is 0.416 e. The number of nitrogens with zero attached hydrogens (tertiary/aromatic N) is 3. The van der Waals surface area contributed by atoms with Crippen molar-refractivity contribution in [2.24, 2.45) is 0 Å². The van der Waals surface area contributed by atoms with Gasteiger partial charge in [0.1, 0.15) is 0 Å². The normalized spacial score (nSPS) is 17.1. The monoisotopic (exact) mass is 472 g/mol. The third-order valence-electron chi connectivity index (χ3n) is 4.09. The van der Waals surface area contributed by atoms with E-state index in [2.05, 4.69) is 31.2 Å². The molecule has 148 valence electrons. The summed E-state index contributed by atoms with van der Waals surface area (Å²) in [5, 5.41) is 2.98. The first-order chi connectivity index (χ1) is 12.2. The molecule has 2 aromatic rings. The summed E-state index contributed by atoms with van der Waals surface area (Å²) in [4.78, 5) is 10.3. The van der Waals surface area contributed by atoms with E-state index in [4.69, 9.17) is 0 Å². The van der Waals surface area contributed by atoms with E-state index >= 15 is 0 Å². The highest BCUT2D eigenvalue weighted by Gasteiger charge is 2.33. The molecule has 11 heteroatoms. The lowest BCUT2D eigenvalue weighted by Gasteiger charge is -2.17. The van der Waals surface area contributed by atoms with Crippen LogP contribution in [0.5, 0.6) is 0 Å². The van der Waals surface area contributed by atoms with E-state index in [0.29, 0.717) is 31.5 Å². The van der Waals surface area contributed by atoms with Gasteiger partial charge in [0.25, 0.3) is 0 Å². The molecule has 1 N–H and O–H groups in total. The Bertz CT molecular complexity index is 788. The largest absolute Gasteiger partial charge is 0.416 e. The highest BCUT2D eigenvalue weighted by molar-refractivity contribution is 9.10. The van der Waals surface area contributed by atoms with Crippen LogP contribution in [0.15, 0.2) is 29.0 Å². The molecule has 1 atom stereocenters. The molecule has 0 aliphatic carbocycles. The Morgan fingerprint density at radius 3 is 2.48 bits per heavy atom. The summed E-state index contributed by atoms with van der Waals surface area (Å²) in [5.74, 6) is -2.24. The average Bonchev–Trinajstić information content (AvgIpc) is 3.04. The van der Waals surface area contributed by atoms with Crippen LogP contribution >= 0.6 is 28.3 Å². The standard InChI is InChI=1S/C16H14BrF5N4.ClH/c17-11-6-24-15(25-7-11)26-2-1-12(8-26)23-5-9-3-10(16(20,21)22)4-13(18)14(9)19;/h3-4,6-7,12,23H,1-2,5,8H2;1H/t12-;/m0./s1. The van der Waals surface area contributed by atoms with Crippen molar-refractivity contribution < 1.29 is 22.0 Å². The summed E-state index contributed by atoms with van der Waals surface area (Å²) in [6.07, 6.45) is -0.817. The first-order valence-corrected chi connectivity index (χ1v) is 8.54. The quantitative estimate of drug-likeness (QED) is 0.672. The Morgan fingerprint density at radius 2 is 1.85 bits per heavy atom. The Labute approximate surface area is 166 Å². The van der Waals surface area contributed by atoms with Crippen LogP contribution in [0.1, 0.15) is 17.5 Å². The van der Waals surface area contributed by atoms with Crippen molar-refractivity contribution in [1.82, 2.24) is 15.3 Å². The molecule has 2 heterocycles. The molecule has 1 saturated heterocycles. The van der Waals surface area contributed by atoms with Gasteiger partial charge in [-0.3, -0.25) is 0 Å². The van der Waals surface area contributed by atoms with Crippen molar-refractivity contribution in [3.05, 3.63) is 51.8 Å². The fourth-order valence-corrected chi connectivity index (χ4v) is 2.97. The van der Waals surface area contributed by atoms with Gasteiger partial charge >= 0.3 is 6.18 Å². The Balaban J connectivity index is 0.00000261. The molecule has 1 aliphatic heterocycles. The Kier molecular flexibility index (Phi) is 6.98. The summed E-state index contributed by atoms with van der Waals surface area (Å²) in [6, 6.07) is 0.705. The molecule has 0 bridgehead atoms. The van der Waals surface area contributed by atoms with Gasteiger partial charge in [-0.25, -0.2) is 18.7 Å². The van der Waals surface area contributed by atoms with Gasteiger partial charge in [-0.2, -0.15) is 13.2 Å². The van der Waals surface area contributed by atoms with Gasteiger partial charge in [-0.15, -0.1) is 12.4 Å². The number of halogens is 7. The fraction of sp³-hybridized carbons (Fsp3) is 0.375. The molecular formula is C16H15BrClF5N4. The third-order valence-corrected chi connectivity index (χ3v) is 4.50. The van der Waals surface area contributed by atoms with E-state index in [1.165, 1.54) is 0 Å². The van der Waals surface area contributed by atoms with Gasteiger partial charge in [-0.1, -0.05) is 0 Å². The van der Waals surface area contributed by atoms with Gasteiger partial charge < -0.3 is 10.2 Å². The molecule has 1 aromatic heterocycles. The smallest absolute Gasteiger partial charge is 0.339 e. The zero-order valence-corrected chi connectivity index (χ0v) is 16.1. The molecular weight excluding hydrogens is 459 g/mol. The maximum absolute atomic E-state index is 13.8. The topological polar surface area (TPSA) is 41.0 Å². The van der Waals surface area contributed by atoms with Gasteiger partial charge in [0.15, 0.2) is 11.6 Å². The number of benzene rings is 1. The van der Waals surface area contributed by atoms with Gasteiger partial charge in [0.2, 0.25) is 5.95 Å². The van der Waals surface area contributed by atoms with Crippen molar-refractivity contribution in [2.45, 2.75) is 25.2 Å².